The number of hydrogen-bond donors (Lipinski definition) is 0. The molecule has 2 aromatic carbocycles. The number of nitrogens with zero attached hydrogens (tertiary/aromatic N) is 1. The molecule has 0 N–H and O–H groups in total. The number of hydrogen-bond acceptors (Lipinski definition) is 2. The Balaban J connectivity index is 1.43. The van der Waals surface area contributed by atoms with Crippen LogP contribution in [-0.4, -0.2) is 30.0 Å². The number of rotatable bonds is 3. The number of halogens is 1. The lowest BCUT2D eigenvalue weighted by Crippen LogP contribution is -2.45. The summed E-state index contributed by atoms with van der Waals surface area (Å²) in [7, 11) is 0. The summed E-state index contributed by atoms with van der Waals surface area (Å²) in [4.78, 5) is 15.0. The highest BCUT2D eigenvalue weighted by atomic mass is 19.1. The van der Waals surface area contributed by atoms with E-state index >= 15 is 0 Å². The van der Waals surface area contributed by atoms with Crippen LogP contribution >= 0.6 is 0 Å². The Morgan fingerprint density at radius 2 is 1.88 bits per heavy atom. The van der Waals surface area contributed by atoms with E-state index in [2.05, 4.69) is 12.1 Å². The van der Waals surface area contributed by atoms with Gasteiger partial charge >= 0.3 is 0 Å². The summed E-state index contributed by atoms with van der Waals surface area (Å²) >= 11 is 0. The molecule has 3 nitrogen and oxygen atoms in total. The molecule has 0 aromatic heterocycles. The van der Waals surface area contributed by atoms with E-state index in [0.717, 1.165) is 32.2 Å². The number of ether oxygens (including phenoxy) is 1. The number of piperidine rings is 1. The lowest BCUT2D eigenvalue weighted by molar-refractivity contribution is -0.135. The first-order valence-corrected chi connectivity index (χ1v) is 8.99. The van der Waals surface area contributed by atoms with Gasteiger partial charge in [-0.05, 0) is 61.1 Å². The zero-order valence-corrected chi connectivity index (χ0v) is 14.2. The molecule has 1 fully saturated rings. The highest BCUT2D eigenvalue weighted by Crippen LogP contribution is 2.35. The van der Waals surface area contributed by atoms with E-state index in [1.54, 1.807) is 12.1 Å². The van der Waals surface area contributed by atoms with E-state index in [9.17, 15) is 9.18 Å². The number of carbonyl (C=O) groups is 1. The van der Waals surface area contributed by atoms with Gasteiger partial charge in [0.2, 0.25) is 5.91 Å². The Morgan fingerprint density at radius 1 is 1.08 bits per heavy atom. The van der Waals surface area contributed by atoms with Crippen LogP contribution in [0.25, 0.3) is 0 Å². The van der Waals surface area contributed by atoms with E-state index < -0.39 is 0 Å². The van der Waals surface area contributed by atoms with E-state index in [1.165, 1.54) is 23.3 Å². The number of benzene rings is 2. The maximum absolute atomic E-state index is 13.0. The summed E-state index contributed by atoms with van der Waals surface area (Å²) in [6.07, 6.45) is 3.71. The Bertz CT molecular complexity index is 759. The largest absolute Gasteiger partial charge is 0.489 e. The standard InChI is InChI=1S/C21H22FNO2/c22-16-8-10-17(11-9-16)25-18-5-3-13-23(14-18)21(24)20-12-7-15-4-1-2-6-19(15)20/h1-2,4,6,8-11,18,20H,3,5,7,12-14H2/t18-,20?/m0/s1. The van der Waals surface area contributed by atoms with Crippen LogP contribution in [0.5, 0.6) is 5.75 Å². The van der Waals surface area contributed by atoms with Gasteiger partial charge in [-0.2, -0.15) is 0 Å². The lowest BCUT2D eigenvalue weighted by Gasteiger charge is -2.34. The topological polar surface area (TPSA) is 29.5 Å². The van der Waals surface area contributed by atoms with Gasteiger partial charge in [0.25, 0.3) is 0 Å². The monoisotopic (exact) mass is 339 g/mol. The summed E-state index contributed by atoms with van der Waals surface area (Å²) in [5.41, 5.74) is 2.49. The average Bonchev–Trinajstić information content (AvgIpc) is 3.07. The summed E-state index contributed by atoms with van der Waals surface area (Å²) in [5, 5.41) is 0. The molecule has 4 rings (SSSR count). The van der Waals surface area contributed by atoms with Gasteiger partial charge in [-0.1, -0.05) is 24.3 Å². The van der Waals surface area contributed by atoms with Gasteiger partial charge in [0.15, 0.2) is 0 Å². The quantitative estimate of drug-likeness (QED) is 0.848. The molecule has 1 aliphatic heterocycles. The zero-order valence-electron chi connectivity index (χ0n) is 14.2. The number of carbonyl (C=O) groups excluding carboxylic acids is 1. The molecule has 25 heavy (non-hydrogen) atoms. The third-order valence-electron chi connectivity index (χ3n) is 5.24. The van der Waals surface area contributed by atoms with Crippen LogP contribution < -0.4 is 4.74 Å². The van der Waals surface area contributed by atoms with Crippen molar-refractivity contribution >= 4 is 5.91 Å². The van der Waals surface area contributed by atoms with Crippen molar-refractivity contribution in [3.05, 3.63) is 65.5 Å². The predicted molar refractivity (Wildman–Crippen MR) is 94.1 cm³/mol. The summed E-state index contributed by atoms with van der Waals surface area (Å²) < 4.78 is 19.0. The second-order valence-electron chi connectivity index (χ2n) is 6.91. The van der Waals surface area contributed by atoms with Crippen LogP contribution in [0.2, 0.25) is 0 Å². The molecule has 1 amide bonds. The SMILES string of the molecule is O=C(C1CCc2ccccc21)N1CCC[C@H](Oc2ccc(F)cc2)C1. The van der Waals surface area contributed by atoms with Crippen molar-refractivity contribution in [3.63, 3.8) is 0 Å². The fourth-order valence-corrected chi connectivity index (χ4v) is 3.97. The molecule has 0 bridgehead atoms. The Kier molecular flexibility index (Phi) is 4.43. The highest BCUT2D eigenvalue weighted by molar-refractivity contribution is 5.85. The normalized spacial score (nSPS) is 22.5. The Morgan fingerprint density at radius 3 is 2.72 bits per heavy atom. The minimum absolute atomic E-state index is 0.0132. The molecule has 0 spiro atoms. The second kappa shape index (κ2) is 6.87. The molecule has 2 aliphatic rings. The molecular formula is C21H22FNO2. The average molecular weight is 339 g/mol. The number of fused-ring (bicyclic) bond motifs is 1. The maximum atomic E-state index is 13.0. The van der Waals surface area contributed by atoms with Gasteiger partial charge in [-0.25, -0.2) is 4.39 Å². The summed E-state index contributed by atoms with van der Waals surface area (Å²) in [6.45, 7) is 1.40. The number of amides is 1. The van der Waals surface area contributed by atoms with E-state index in [-0.39, 0.29) is 23.7 Å². The molecule has 1 unspecified atom stereocenters. The molecule has 1 saturated heterocycles. The molecule has 2 aromatic rings. The van der Waals surface area contributed by atoms with Gasteiger partial charge in [-0.3, -0.25) is 4.79 Å². The fraction of sp³-hybridized carbons (Fsp3) is 0.381. The minimum atomic E-state index is -0.271. The first kappa shape index (κ1) is 16.1. The number of likely N-dealkylation sites (tertiary alicyclic amines) is 1. The zero-order chi connectivity index (χ0) is 17.2. The van der Waals surface area contributed by atoms with Crippen molar-refractivity contribution < 1.29 is 13.9 Å². The molecule has 0 saturated carbocycles. The van der Waals surface area contributed by atoms with Gasteiger partial charge in [-0.15, -0.1) is 0 Å². The lowest BCUT2D eigenvalue weighted by atomic mass is 9.98. The summed E-state index contributed by atoms with van der Waals surface area (Å²) in [6, 6.07) is 14.3. The van der Waals surface area contributed by atoms with Crippen LogP contribution in [-0.2, 0) is 11.2 Å². The van der Waals surface area contributed by atoms with Crippen molar-refractivity contribution in [1.29, 1.82) is 0 Å². The van der Waals surface area contributed by atoms with Gasteiger partial charge < -0.3 is 9.64 Å². The molecule has 4 heteroatoms. The molecular weight excluding hydrogens is 317 g/mol. The fourth-order valence-electron chi connectivity index (χ4n) is 3.97. The number of aryl methyl sites for hydroxylation is 1. The Labute approximate surface area is 147 Å². The third kappa shape index (κ3) is 3.39. The van der Waals surface area contributed by atoms with Gasteiger partial charge in [0.05, 0.1) is 12.5 Å². The molecule has 0 radical (unpaired) electrons. The maximum Gasteiger partial charge on any atom is 0.230 e. The van der Waals surface area contributed by atoms with Crippen molar-refractivity contribution in [1.82, 2.24) is 4.90 Å². The third-order valence-corrected chi connectivity index (χ3v) is 5.24. The summed E-state index contributed by atoms with van der Waals surface area (Å²) in [5.74, 6) is 0.595. The minimum Gasteiger partial charge on any atom is -0.489 e. The van der Waals surface area contributed by atoms with Crippen LogP contribution in [0.3, 0.4) is 0 Å². The van der Waals surface area contributed by atoms with Crippen LogP contribution in [0.1, 0.15) is 36.3 Å². The van der Waals surface area contributed by atoms with E-state index in [4.69, 9.17) is 4.74 Å². The first-order valence-electron chi connectivity index (χ1n) is 8.99. The van der Waals surface area contributed by atoms with Crippen molar-refractivity contribution in [2.24, 2.45) is 0 Å². The molecule has 2 atom stereocenters. The molecule has 1 heterocycles. The predicted octanol–water partition coefficient (Wildman–Crippen LogP) is 3.93. The van der Waals surface area contributed by atoms with Gasteiger partial charge in [0, 0.05) is 6.54 Å². The molecule has 1 aliphatic carbocycles. The highest BCUT2D eigenvalue weighted by Gasteiger charge is 2.34. The van der Waals surface area contributed by atoms with Crippen molar-refractivity contribution in [3.8, 4) is 5.75 Å². The first-order chi connectivity index (χ1) is 12.2. The van der Waals surface area contributed by atoms with E-state index in [1.807, 2.05) is 17.0 Å². The van der Waals surface area contributed by atoms with Crippen molar-refractivity contribution in [2.45, 2.75) is 37.7 Å². The van der Waals surface area contributed by atoms with Crippen LogP contribution in [0.15, 0.2) is 48.5 Å². The second-order valence-corrected chi connectivity index (χ2v) is 6.91. The van der Waals surface area contributed by atoms with Crippen molar-refractivity contribution in [2.75, 3.05) is 13.1 Å². The van der Waals surface area contributed by atoms with Crippen LogP contribution in [0.4, 0.5) is 4.39 Å². The molecule has 130 valence electrons. The smallest absolute Gasteiger partial charge is 0.230 e. The Hall–Kier alpha value is -2.36. The van der Waals surface area contributed by atoms with E-state index in [0.29, 0.717) is 12.3 Å². The van der Waals surface area contributed by atoms with Crippen LogP contribution in [0, 0.1) is 5.82 Å². The van der Waals surface area contributed by atoms with Gasteiger partial charge in [0.1, 0.15) is 17.7 Å².